The third-order valence-corrected chi connectivity index (χ3v) is 6.09. The largest absolute Gasteiger partial charge is 0.368 e. The van der Waals surface area contributed by atoms with Gasteiger partial charge in [-0.25, -0.2) is 4.39 Å². The number of rotatable bonds is 4. The maximum atomic E-state index is 13.5. The van der Waals surface area contributed by atoms with Crippen molar-refractivity contribution >= 4 is 17.5 Å². The molecule has 2 heterocycles. The van der Waals surface area contributed by atoms with Crippen molar-refractivity contribution in [2.24, 2.45) is 5.92 Å². The van der Waals surface area contributed by atoms with E-state index in [4.69, 9.17) is 0 Å². The minimum Gasteiger partial charge on any atom is -0.368 e. The number of amides is 2. The fraction of sp³-hybridized carbons (Fsp3) is 0.417. The zero-order valence-electron chi connectivity index (χ0n) is 17.2. The highest BCUT2D eigenvalue weighted by atomic mass is 19.1. The van der Waals surface area contributed by atoms with E-state index in [2.05, 4.69) is 17.0 Å². The molecule has 2 aromatic rings. The molecule has 4 rings (SSSR count). The summed E-state index contributed by atoms with van der Waals surface area (Å²) in [6.07, 6.45) is 2.29. The van der Waals surface area contributed by atoms with E-state index in [0.29, 0.717) is 25.1 Å². The number of anilines is 1. The molecule has 2 amide bonds. The van der Waals surface area contributed by atoms with Crippen LogP contribution >= 0.6 is 0 Å². The van der Waals surface area contributed by atoms with Gasteiger partial charge >= 0.3 is 0 Å². The van der Waals surface area contributed by atoms with Crippen molar-refractivity contribution in [1.29, 1.82) is 0 Å². The van der Waals surface area contributed by atoms with Gasteiger partial charge in [0.1, 0.15) is 5.82 Å². The lowest BCUT2D eigenvalue weighted by molar-refractivity contribution is -0.132. The number of halogens is 1. The Kier molecular flexibility index (Phi) is 6.31. The van der Waals surface area contributed by atoms with E-state index >= 15 is 0 Å². The van der Waals surface area contributed by atoms with E-state index in [1.54, 1.807) is 17.0 Å². The van der Waals surface area contributed by atoms with E-state index < -0.39 is 5.82 Å². The number of hydrogen-bond acceptors (Lipinski definition) is 3. The number of hydrogen-bond donors (Lipinski definition) is 0. The van der Waals surface area contributed by atoms with Crippen LogP contribution in [0.2, 0.25) is 0 Å². The Balaban J connectivity index is 1.29. The van der Waals surface area contributed by atoms with Crippen LogP contribution in [0.25, 0.3) is 0 Å². The Hall–Kier alpha value is -2.89. The Morgan fingerprint density at radius 3 is 2.40 bits per heavy atom. The molecule has 0 spiro atoms. The average Bonchev–Trinajstić information content (AvgIpc) is 2.79. The second kappa shape index (κ2) is 9.28. The number of piperazine rings is 1. The van der Waals surface area contributed by atoms with E-state index in [9.17, 15) is 14.0 Å². The van der Waals surface area contributed by atoms with Gasteiger partial charge in [0.2, 0.25) is 5.91 Å². The minimum atomic E-state index is -0.403. The zero-order chi connectivity index (χ0) is 20.9. The molecule has 0 unspecified atom stereocenters. The molecule has 0 aromatic heterocycles. The third-order valence-electron chi connectivity index (χ3n) is 6.09. The molecule has 0 radical (unpaired) electrons. The zero-order valence-corrected chi connectivity index (χ0v) is 17.2. The smallest absolute Gasteiger partial charge is 0.253 e. The van der Waals surface area contributed by atoms with Gasteiger partial charge in [-0.05, 0) is 49.1 Å². The lowest BCUT2D eigenvalue weighted by atomic mass is 9.93. The number of carbonyl (C=O) groups is 2. The normalized spacial score (nSPS) is 19.6. The lowest BCUT2D eigenvalue weighted by Crippen LogP contribution is -2.49. The highest BCUT2D eigenvalue weighted by molar-refractivity contribution is 5.94. The Bertz CT molecular complexity index is 881. The van der Waals surface area contributed by atoms with Crippen LogP contribution in [0, 0.1) is 11.7 Å². The molecule has 1 atom stereocenters. The summed E-state index contributed by atoms with van der Waals surface area (Å²) in [5.74, 6) is -0.217. The first-order valence-corrected chi connectivity index (χ1v) is 10.7. The standard InChI is InChI=1S/C24H28FN3O2/c25-21-8-4-7-20(17-21)24(30)28-11-5-6-19(18-28)16-23(29)27-14-12-26(13-15-27)22-9-2-1-3-10-22/h1-4,7-10,17,19H,5-6,11-16,18H2/t19-/m1/s1. The van der Waals surface area contributed by atoms with Crippen LogP contribution in [0.1, 0.15) is 29.6 Å². The van der Waals surface area contributed by atoms with Gasteiger partial charge < -0.3 is 14.7 Å². The quantitative estimate of drug-likeness (QED) is 0.777. The molecule has 0 saturated carbocycles. The van der Waals surface area contributed by atoms with Gasteiger partial charge in [-0.3, -0.25) is 9.59 Å². The molecule has 0 bridgehead atoms. The summed E-state index contributed by atoms with van der Waals surface area (Å²) in [5.41, 5.74) is 1.57. The van der Waals surface area contributed by atoms with Crippen molar-refractivity contribution in [1.82, 2.24) is 9.80 Å². The van der Waals surface area contributed by atoms with Crippen LogP contribution in [0.5, 0.6) is 0 Å². The van der Waals surface area contributed by atoms with Crippen LogP contribution in [-0.2, 0) is 4.79 Å². The highest BCUT2D eigenvalue weighted by Crippen LogP contribution is 2.23. The maximum Gasteiger partial charge on any atom is 0.253 e. The molecule has 0 N–H and O–H groups in total. The van der Waals surface area contributed by atoms with E-state index in [-0.39, 0.29) is 17.7 Å². The molecule has 2 fully saturated rings. The van der Waals surface area contributed by atoms with Crippen LogP contribution in [0.3, 0.4) is 0 Å². The van der Waals surface area contributed by atoms with E-state index in [1.807, 2.05) is 23.1 Å². The maximum absolute atomic E-state index is 13.5. The van der Waals surface area contributed by atoms with Crippen molar-refractivity contribution in [2.45, 2.75) is 19.3 Å². The van der Waals surface area contributed by atoms with Crippen LogP contribution in [0.4, 0.5) is 10.1 Å². The molecular weight excluding hydrogens is 381 g/mol. The molecule has 2 aliphatic rings. The molecule has 6 heteroatoms. The predicted molar refractivity (Wildman–Crippen MR) is 115 cm³/mol. The fourth-order valence-electron chi connectivity index (χ4n) is 4.45. The first kappa shape index (κ1) is 20.4. The lowest BCUT2D eigenvalue weighted by Gasteiger charge is -2.38. The molecule has 2 aromatic carbocycles. The molecule has 2 aliphatic heterocycles. The Morgan fingerprint density at radius 1 is 0.900 bits per heavy atom. The number of nitrogens with zero attached hydrogens (tertiary/aromatic N) is 3. The third kappa shape index (κ3) is 4.81. The second-order valence-corrected chi connectivity index (χ2v) is 8.18. The van der Waals surface area contributed by atoms with Gasteiger partial charge in [-0.15, -0.1) is 0 Å². The molecule has 30 heavy (non-hydrogen) atoms. The molecular formula is C24H28FN3O2. The van der Waals surface area contributed by atoms with E-state index in [1.165, 1.54) is 17.8 Å². The van der Waals surface area contributed by atoms with Crippen molar-refractivity contribution in [2.75, 3.05) is 44.2 Å². The molecule has 5 nitrogen and oxygen atoms in total. The van der Waals surface area contributed by atoms with Gasteiger partial charge in [0.15, 0.2) is 0 Å². The number of benzene rings is 2. The van der Waals surface area contributed by atoms with Gasteiger partial charge in [0, 0.05) is 56.9 Å². The van der Waals surface area contributed by atoms with Gasteiger partial charge in [-0.1, -0.05) is 24.3 Å². The number of likely N-dealkylation sites (tertiary alicyclic amines) is 1. The van der Waals surface area contributed by atoms with Crippen LogP contribution < -0.4 is 4.90 Å². The molecule has 158 valence electrons. The summed E-state index contributed by atoms with van der Waals surface area (Å²) in [6.45, 7) is 4.36. The summed E-state index contributed by atoms with van der Waals surface area (Å²) >= 11 is 0. The number of para-hydroxylation sites is 1. The SMILES string of the molecule is O=C(C[C@H]1CCCN(C(=O)c2cccc(F)c2)C1)N1CCN(c2ccccc2)CC1. The summed E-state index contributed by atoms with van der Waals surface area (Å²) in [7, 11) is 0. The first-order valence-electron chi connectivity index (χ1n) is 10.7. The first-order chi connectivity index (χ1) is 14.6. The topological polar surface area (TPSA) is 43.9 Å². The summed E-state index contributed by atoms with van der Waals surface area (Å²) in [6, 6.07) is 16.1. The average molecular weight is 410 g/mol. The van der Waals surface area contributed by atoms with E-state index in [0.717, 1.165) is 39.0 Å². The number of piperidine rings is 1. The fourth-order valence-corrected chi connectivity index (χ4v) is 4.45. The van der Waals surface area contributed by atoms with Gasteiger partial charge in [-0.2, -0.15) is 0 Å². The summed E-state index contributed by atoms with van der Waals surface area (Å²) in [5, 5.41) is 0. The van der Waals surface area contributed by atoms with Crippen molar-refractivity contribution < 1.29 is 14.0 Å². The summed E-state index contributed by atoms with van der Waals surface area (Å²) in [4.78, 5) is 31.6. The van der Waals surface area contributed by atoms with Crippen molar-refractivity contribution in [3.63, 3.8) is 0 Å². The summed E-state index contributed by atoms with van der Waals surface area (Å²) < 4.78 is 13.5. The number of carbonyl (C=O) groups excluding carboxylic acids is 2. The minimum absolute atomic E-state index is 0.150. The van der Waals surface area contributed by atoms with Crippen molar-refractivity contribution in [3.05, 3.63) is 66.0 Å². The van der Waals surface area contributed by atoms with Gasteiger partial charge in [0.25, 0.3) is 5.91 Å². The predicted octanol–water partition coefficient (Wildman–Crippen LogP) is 3.42. The monoisotopic (exact) mass is 409 g/mol. The molecule has 0 aliphatic carbocycles. The Labute approximate surface area is 177 Å². The van der Waals surface area contributed by atoms with Crippen LogP contribution in [0.15, 0.2) is 54.6 Å². The van der Waals surface area contributed by atoms with Gasteiger partial charge in [0.05, 0.1) is 0 Å². The highest BCUT2D eigenvalue weighted by Gasteiger charge is 2.29. The second-order valence-electron chi connectivity index (χ2n) is 8.18. The molecule has 2 saturated heterocycles. The Morgan fingerprint density at radius 2 is 1.67 bits per heavy atom. The van der Waals surface area contributed by atoms with Crippen LogP contribution in [-0.4, -0.2) is 60.9 Å². The van der Waals surface area contributed by atoms with Crippen molar-refractivity contribution in [3.8, 4) is 0 Å².